The molecule has 0 spiro atoms. The van der Waals surface area contributed by atoms with Crippen LogP contribution in [0, 0.1) is 0 Å². The topological polar surface area (TPSA) is 72.8 Å². The standard InChI is InChI=1S/C60H100O5/c1-3-5-7-9-11-13-15-17-19-21-22-23-24-25-26-27-28-29-30-31-32-33-34-35-36-37-38-39-41-43-45-47-49-51-53-55-60(63)65-58(56-61)57-64-59(62)54-52-50-48-46-44-42-40-20-18-16-14-12-10-8-6-4-2/h5,7,11,13,17,19,22-23,25-26,28-29,31-32,34-35,37-38,58,61H,3-4,6,8-10,12,14-16,18,20-21,24,27,30,33,36,39-57H2,1-2H3/b7-5-,13-11-,19-17-,23-22-,26-25-,29-28-,32-31-,35-34-,38-37-. The highest BCUT2D eigenvalue weighted by Gasteiger charge is 2.16. The first-order chi connectivity index (χ1) is 32.1. The molecule has 0 fully saturated rings. The van der Waals surface area contributed by atoms with Crippen LogP contribution in [0.5, 0.6) is 0 Å². The minimum Gasteiger partial charge on any atom is -0.462 e. The molecule has 0 aliphatic rings. The number of carbonyl (C=O) groups excluding carboxylic acids is 2. The van der Waals surface area contributed by atoms with Gasteiger partial charge in [0.2, 0.25) is 0 Å². The van der Waals surface area contributed by atoms with Crippen LogP contribution < -0.4 is 0 Å². The van der Waals surface area contributed by atoms with Crippen molar-refractivity contribution in [3.05, 3.63) is 109 Å². The van der Waals surface area contributed by atoms with E-state index < -0.39 is 6.10 Å². The zero-order chi connectivity index (χ0) is 47.0. The minimum atomic E-state index is -0.783. The van der Waals surface area contributed by atoms with Gasteiger partial charge < -0.3 is 14.6 Å². The summed E-state index contributed by atoms with van der Waals surface area (Å²) < 4.78 is 10.7. The molecule has 0 saturated heterocycles. The molecule has 0 aromatic carbocycles. The van der Waals surface area contributed by atoms with Crippen molar-refractivity contribution < 1.29 is 24.2 Å². The Morgan fingerprint density at radius 2 is 0.662 bits per heavy atom. The molecule has 65 heavy (non-hydrogen) atoms. The van der Waals surface area contributed by atoms with Crippen molar-refractivity contribution in [3.8, 4) is 0 Å². The number of hydrogen-bond acceptors (Lipinski definition) is 5. The zero-order valence-corrected chi connectivity index (χ0v) is 42.2. The Hall–Kier alpha value is -3.44. The third-order valence-electron chi connectivity index (χ3n) is 11.3. The van der Waals surface area contributed by atoms with Crippen molar-refractivity contribution in [2.75, 3.05) is 13.2 Å². The highest BCUT2D eigenvalue weighted by molar-refractivity contribution is 5.70. The Morgan fingerprint density at radius 3 is 1.00 bits per heavy atom. The van der Waals surface area contributed by atoms with Crippen molar-refractivity contribution in [2.24, 2.45) is 0 Å². The quantitative estimate of drug-likeness (QED) is 0.0374. The lowest BCUT2D eigenvalue weighted by Gasteiger charge is -2.15. The van der Waals surface area contributed by atoms with Gasteiger partial charge in [-0.15, -0.1) is 0 Å². The number of ether oxygens (including phenoxy) is 2. The number of allylic oxidation sites excluding steroid dienone is 18. The fraction of sp³-hybridized carbons (Fsp3) is 0.667. The predicted octanol–water partition coefficient (Wildman–Crippen LogP) is 18.1. The van der Waals surface area contributed by atoms with Crippen LogP contribution in [-0.4, -0.2) is 36.4 Å². The number of rotatable bonds is 48. The van der Waals surface area contributed by atoms with E-state index in [4.69, 9.17) is 9.47 Å². The molecule has 1 unspecified atom stereocenters. The lowest BCUT2D eigenvalue weighted by Crippen LogP contribution is -2.28. The minimum absolute atomic E-state index is 0.0732. The Bertz CT molecular complexity index is 1290. The highest BCUT2D eigenvalue weighted by Crippen LogP contribution is 2.15. The van der Waals surface area contributed by atoms with Crippen LogP contribution in [0.4, 0.5) is 0 Å². The molecular formula is C60H100O5. The van der Waals surface area contributed by atoms with E-state index in [1.54, 1.807) is 0 Å². The van der Waals surface area contributed by atoms with Gasteiger partial charge in [-0.05, 0) is 83.5 Å². The summed E-state index contributed by atoms with van der Waals surface area (Å²) in [5.74, 6) is -0.603. The molecule has 0 rings (SSSR count). The Morgan fingerprint density at radius 1 is 0.369 bits per heavy atom. The lowest BCUT2D eigenvalue weighted by molar-refractivity contribution is -0.161. The van der Waals surface area contributed by atoms with Crippen molar-refractivity contribution in [2.45, 2.75) is 245 Å². The average Bonchev–Trinajstić information content (AvgIpc) is 3.31. The Balaban J connectivity index is 3.60. The van der Waals surface area contributed by atoms with Crippen LogP contribution in [0.3, 0.4) is 0 Å². The SMILES string of the molecule is CC/C=C\C/C=C\C/C=C\C/C=C\C/C=C\C/C=C\C/C=C\C/C=C\C/C=C\CCCCCCCCCC(=O)OC(CO)COC(=O)CCCCCCCCCCCCCCCCCC. The van der Waals surface area contributed by atoms with E-state index in [9.17, 15) is 14.7 Å². The maximum Gasteiger partial charge on any atom is 0.306 e. The molecule has 1 N–H and O–H groups in total. The molecule has 0 bridgehead atoms. The van der Waals surface area contributed by atoms with Crippen LogP contribution in [-0.2, 0) is 19.1 Å². The highest BCUT2D eigenvalue weighted by atomic mass is 16.6. The van der Waals surface area contributed by atoms with Crippen molar-refractivity contribution in [1.29, 1.82) is 0 Å². The molecule has 0 aliphatic heterocycles. The largest absolute Gasteiger partial charge is 0.462 e. The van der Waals surface area contributed by atoms with Crippen molar-refractivity contribution in [1.82, 2.24) is 0 Å². The lowest BCUT2D eigenvalue weighted by atomic mass is 10.0. The molecule has 0 saturated carbocycles. The molecule has 0 aliphatic carbocycles. The molecule has 370 valence electrons. The summed E-state index contributed by atoms with van der Waals surface area (Å²) in [4.78, 5) is 24.4. The van der Waals surface area contributed by atoms with Gasteiger partial charge in [0.25, 0.3) is 0 Å². The number of aliphatic hydroxyl groups is 1. The Kier molecular flexibility index (Phi) is 52.0. The van der Waals surface area contributed by atoms with E-state index in [0.717, 1.165) is 103 Å². The van der Waals surface area contributed by atoms with Gasteiger partial charge in [-0.1, -0.05) is 252 Å². The van der Waals surface area contributed by atoms with Gasteiger partial charge in [-0.3, -0.25) is 9.59 Å². The van der Waals surface area contributed by atoms with Gasteiger partial charge in [0.05, 0.1) is 6.61 Å². The van der Waals surface area contributed by atoms with Crippen molar-refractivity contribution >= 4 is 11.9 Å². The summed E-state index contributed by atoms with van der Waals surface area (Å²) in [6.07, 6.45) is 79.0. The first-order valence-electron chi connectivity index (χ1n) is 26.9. The number of unbranched alkanes of at least 4 members (excludes halogenated alkanes) is 22. The van der Waals surface area contributed by atoms with E-state index in [0.29, 0.717) is 12.8 Å². The van der Waals surface area contributed by atoms with Gasteiger partial charge in [0.15, 0.2) is 6.10 Å². The normalized spacial score (nSPS) is 13.1. The predicted molar refractivity (Wildman–Crippen MR) is 283 cm³/mol. The molecule has 0 amide bonds. The molecule has 0 heterocycles. The first-order valence-corrected chi connectivity index (χ1v) is 26.9. The summed E-state index contributed by atoms with van der Waals surface area (Å²) in [6.45, 7) is 4.02. The molecule has 5 heteroatoms. The number of hydrogen-bond donors (Lipinski definition) is 1. The van der Waals surface area contributed by atoms with Crippen LogP contribution >= 0.6 is 0 Å². The number of esters is 2. The van der Waals surface area contributed by atoms with Crippen LogP contribution in [0.1, 0.15) is 239 Å². The van der Waals surface area contributed by atoms with Crippen LogP contribution in [0.2, 0.25) is 0 Å². The first kappa shape index (κ1) is 61.6. The molecule has 0 aromatic rings. The second kappa shape index (κ2) is 54.9. The summed E-state index contributed by atoms with van der Waals surface area (Å²) in [5.41, 5.74) is 0. The average molecular weight is 901 g/mol. The zero-order valence-electron chi connectivity index (χ0n) is 42.2. The summed E-state index contributed by atoms with van der Waals surface area (Å²) in [5, 5.41) is 9.63. The molecular weight excluding hydrogens is 801 g/mol. The molecule has 0 radical (unpaired) electrons. The van der Waals surface area contributed by atoms with Gasteiger partial charge >= 0.3 is 11.9 Å². The monoisotopic (exact) mass is 901 g/mol. The second-order valence-electron chi connectivity index (χ2n) is 17.6. The Labute approximate surface area is 401 Å². The summed E-state index contributed by atoms with van der Waals surface area (Å²) in [6, 6.07) is 0. The van der Waals surface area contributed by atoms with Crippen LogP contribution in [0.25, 0.3) is 0 Å². The number of carbonyl (C=O) groups is 2. The third-order valence-corrected chi connectivity index (χ3v) is 11.3. The molecule has 5 nitrogen and oxygen atoms in total. The van der Waals surface area contributed by atoms with Crippen molar-refractivity contribution in [3.63, 3.8) is 0 Å². The fourth-order valence-electron chi connectivity index (χ4n) is 7.31. The van der Waals surface area contributed by atoms with E-state index in [-0.39, 0.29) is 25.2 Å². The van der Waals surface area contributed by atoms with Gasteiger partial charge in [0.1, 0.15) is 6.61 Å². The summed E-state index contributed by atoms with van der Waals surface area (Å²) in [7, 11) is 0. The fourth-order valence-corrected chi connectivity index (χ4v) is 7.31. The third kappa shape index (κ3) is 53.1. The second-order valence-corrected chi connectivity index (χ2v) is 17.6. The number of aliphatic hydroxyl groups excluding tert-OH is 1. The van der Waals surface area contributed by atoms with E-state index in [2.05, 4.69) is 123 Å². The van der Waals surface area contributed by atoms with E-state index in [1.165, 1.54) is 109 Å². The van der Waals surface area contributed by atoms with Gasteiger partial charge in [-0.2, -0.15) is 0 Å². The van der Waals surface area contributed by atoms with Crippen LogP contribution in [0.15, 0.2) is 109 Å². The molecule has 1 atom stereocenters. The summed E-state index contributed by atoms with van der Waals surface area (Å²) >= 11 is 0. The maximum absolute atomic E-state index is 12.3. The van der Waals surface area contributed by atoms with Gasteiger partial charge in [0, 0.05) is 12.8 Å². The molecule has 0 aromatic heterocycles. The van der Waals surface area contributed by atoms with E-state index >= 15 is 0 Å². The van der Waals surface area contributed by atoms with Gasteiger partial charge in [-0.25, -0.2) is 0 Å². The maximum atomic E-state index is 12.3. The smallest absolute Gasteiger partial charge is 0.306 e. The van der Waals surface area contributed by atoms with E-state index in [1.807, 2.05) is 0 Å².